The highest BCUT2D eigenvalue weighted by molar-refractivity contribution is 6.20. The summed E-state index contributed by atoms with van der Waals surface area (Å²) in [7, 11) is 0. The molecule has 0 saturated carbocycles. The van der Waals surface area contributed by atoms with Crippen LogP contribution in [0.1, 0.15) is 30.1 Å². The van der Waals surface area contributed by atoms with Crippen LogP contribution in [-0.4, -0.2) is 34.2 Å². The maximum Gasteiger partial charge on any atom is 0.270 e. The zero-order valence-electron chi connectivity index (χ0n) is 11.3. The molecule has 1 amide bonds. The van der Waals surface area contributed by atoms with Crippen molar-refractivity contribution in [2.45, 2.75) is 25.1 Å². The van der Waals surface area contributed by atoms with Crippen LogP contribution >= 0.6 is 11.6 Å². The number of hydrogen-bond donors (Lipinski definition) is 0. The van der Waals surface area contributed by atoms with Gasteiger partial charge in [-0.25, -0.2) is 0 Å². The smallest absolute Gasteiger partial charge is 0.270 e. The lowest BCUT2D eigenvalue weighted by molar-refractivity contribution is -0.384. The number of likely N-dealkylation sites (tertiary alicyclic amines) is 1. The van der Waals surface area contributed by atoms with E-state index in [2.05, 4.69) is 0 Å². The molecular formula is C14H17ClN2O3. The Morgan fingerprint density at radius 2 is 2.10 bits per heavy atom. The third kappa shape index (κ3) is 3.28. The highest BCUT2D eigenvalue weighted by Crippen LogP contribution is 2.25. The molecule has 0 spiro atoms. The molecule has 6 heteroatoms. The monoisotopic (exact) mass is 296 g/mol. The van der Waals surface area contributed by atoms with Gasteiger partial charge in [0.2, 0.25) is 0 Å². The normalized spacial score (nSPS) is 17.8. The van der Waals surface area contributed by atoms with Crippen LogP contribution in [0.25, 0.3) is 0 Å². The van der Waals surface area contributed by atoms with Crippen molar-refractivity contribution in [2.24, 2.45) is 5.92 Å². The van der Waals surface area contributed by atoms with Crippen molar-refractivity contribution in [3.8, 4) is 0 Å². The zero-order valence-corrected chi connectivity index (χ0v) is 12.0. The molecule has 1 aliphatic heterocycles. The van der Waals surface area contributed by atoms with Gasteiger partial charge in [-0.3, -0.25) is 14.9 Å². The Bertz CT molecular complexity index is 511. The van der Waals surface area contributed by atoms with E-state index in [0.717, 1.165) is 12.8 Å². The fraction of sp³-hybridized carbons (Fsp3) is 0.500. The molecule has 1 heterocycles. The minimum absolute atomic E-state index is 0.0554. The Hall–Kier alpha value is -1.62. The van der Waals surface area contributed by atoms with E-state index >= 15 is 0 Å². The molecule has 1 aromatic carbocycles. The van der Waals surface area contributed by atoms with Crippen molar-refractivity contribution in [2.75, 3.05) is 13.1 Å². The minimum Gasteiger partial charge on any atom is -0.339 e. The van der Waals surface area contributed by atoms with Crippen LogP contribution in [0.5, 0.6) is 0 Å². The summed E-state index contributed by atoms with van der Waals surface area (Å²) >= 11 is 6.08. The van der Waals surface area contributed by atoms with Gasteiger partial charge in [0.1, 0.15) is 0 Å². The number of alkyl halides is 1. The second-order valence-corrected chi connectivity index (χ2v) is 5.80. The number of non-ortho nitro benzene ring substituents is 1. The van der Waals surface area contributed by atoms with E-state index in [1.807, 2.05) is 6.92 Å². The summed E-state index contributed by atoms with van der Waals surface area (Å²) in [6.07, 6.45) is 1.76. The van der Waals surface area contributed by atoms with Crippen LogP contribution in [-0.2, 0) is 0 Å². The Morgan fingerprint density at radius 3 is 2.65 bits per heavy atom. The average Bonchev–Trinajstić information content (AvgIpc) is 2.46. The molecule has 20 heavy (non-hydrogen) atoms. The summed E-state index contributed by atoms with van der Waals surface area (Å²) in [5, 5.41) is 10.9. The molecule has 1 aliphatic rings. The summed E-state index contributed by atoms with van der Waals surface area (Å²) in [6.45, 7) is 3.29. The second kappa shape index (κ2) is 6.22. The van der Waals surface area contributed by atoms with Crippen molar-refractivity contribution in [3.05, 3.63) is 39.9 Å². The highest BCUT2D eigenvalue weighted by atomic mass is 35.5. The lowest BCUT2D eigenvalue weighted by Crippen LogP contribution is -2.40. The van der Waals surface area contributed by atoms with E-state index in [0.29, 0.717) is 24.6 Å². The fourth-order valence-electron chi connectivity index (χ4n) is 2.50. The van der Waals surface area contributed by atoms with Gasteiger partial charge in [0.15, 0.2) is 0 Å². The zero-order chi connectivity index (χ0) is 14.7. The van der Waals surface area contributed by atoms with Gasteiger partial charge >= 0.3 is 0 Å². The third-order valence-corrected chi connectivity index (χ3v) is 4.14. The summed E-state index contributed by atoms with van der Waals surface area (Å²) < 4.78 is 0. The van der Waals surface area contributed by atoms with E-state index in [1.54, 1.807) is 17.0 Å². The maximum atomic E-state index is 12.3. The van der Waals surface area contributed by atoms with Crippen molar-refractivity contribution in [1.29, 1.82) is 0 Å². The van der Waals surface area contributed by atoms with Gasteiger partial charge in [-0.15, -0.1) is 11.6 Å². The van der Waals surface area contributed by atoms with Gasteiger partial charge in [-0.05, 0) is 31.7 Å². The number of halogens is 1. The van der Waals surface area contributed by atoms with E-state index in [1.165, 1.54) is 12.1 Å². The molecule has 0 bridgehead atoms. The molecule has 0 aliphatic carbocycles. The third-order valence-electron chi connectivity index (χ3n) is 3.78. The van der Waals surface area contributed by atoms with Crippen LogP contribution in [0.15, 0.2) is 24.3 Å². The molecule has 5 nitrogen and oxygen atoms in total. The first-order chi connectivity index (χ1) is 9.49. The Labute approximate surface area is 122 Å². The summed E-state index contributed by atoms with van der Waals surface area (Å²) in [4.78, 5) is 24.3. The lowest BCUT2D eigenvalue weighted by Gasteiger charge is -2.33. The van der Waals surface area contributed by atoms with Gasteiger partial charge in [-0.1, -0.05) is 6.07 Å². The van der Waals surface area contributed by atoms with E-state index in [9.17, 15) is 14.9 Å². The first-order valence-corrected chi connectivity index (χ1v) is 7.10. The molecule has 2 rings (SSSR count). The van der Waals surface area contributed by atoms with Crippen molar-refractivity contribution >= 4 is 23.2 Å². The van der Waals surface area contributed by atoms with E-state index in [4.69, 9.17) is 11.6 Å². The van der Waals surface area contributed by atoms with E-state index in [-0.39, 0.29) is 17.0 Å². The number of piperidine rings is 1. The van der Waals surface area contributed by atoms with Crippen molar-refractivity contribution in [1.82, 2.24) is 4.90 Å². The van der Waals surface area contributed by atoms with Crippen LogP contribution in [0.4, 0.5) is 5.69 Å². The van der Waals surface area contributed by atoms with Crippen LogP contribution in [0.2, 0.25) is 0 Å². The summed E-state index contributed by atoms with van der Waals surface area (Å²) in [5.41, 5.74) is 0.316. The lowest BCUT2D eigenvalue weighted by atomic mass is 9.93. The minimum atomic E-state index is -0.488. The quantitative estimate of drug-likeness (QED) is 0.489. The number of carbonyl (C=O) groups excluding carboxylic acids is 1. The second-order valence-electron chi connectivity index (χ2n) is 5.11. The van der Waals surface area contributed by atoms with E-state index < -0.39 is 4.92 Å². The molecule has 0 aromatic heterocycles. The highest BCUT2D eigenvalue weighted by Gasteiger charge is 2.26. The van der Waals surface area contributed by atoms with Gasteiger partial charge in [-0.2, -0.15) is 0 Å². The molecule has 1 atom stereocenters. The Morgan fingerprint density at radius 1 is 1.45 bits per heavy atom. The number of nitro groups is 1. The summed E-state index contributed by atoms with van der Waals surface area (Å²) in [6, 6.07) is 5.88. The Balaban J connectivity index is 2.05. The van der Waals surface area contributed by atoms with Gasteiger partial charge < -0.3 is 4.90 Å². The predicted molar refractivity (Wildman–Crippen MR) is 77.0 cm³/mol. The van der Waals surface area contributed by atoms with Gasteiger partial charge in [0, 0.05) is 36.2 Å². The first kappa shape index (κ1) is 14.8. The number of nitro benzene ring substituents is 1. The summed E-state index contributed by atoms with van der Waals surface area (Å²) in [5.74, 6) is 0.292. The topological polar surface area (TPSA) is 63.5 Å². The molecule has 0 radical (unpaired) electrons. The predicted octanol–water partition coefficient (Wildman–Crippen LogP) is 3.07. The number of carbonyl (C=O) groups is 1. The standard InChI is InChI=1S/C14H17ClN2O3/c1-10(15)11-5-7-16(8-6-11)14(18)12-3-2-4-13(9-12)17(19)20/h2-4,9-11H,5-8H2,1H3. The fourth-order valence-corrected chi connectivity index (χ4v) is 2.75. The van der Waals surface area contributed by atoms with Gasteiger partial charge in [0.05, 0.1) is 4.92 Å². The molecule has 1 aromatic rings. The SMILES string of the molecule is CC(Cl)C1CCN(C(=O)c2cccc([N+](=O)[O-])c2)CC1. The van der Waals surface area contributed by atoms with Crippen molar-refractivity contribution < 1.29 is 9.72 Å². The van der Waals surface area contributed by atoms with Crippen molar-refractivity contribution in [3.63, 3.8) is 0 Å². The molecule has 1 fully saturated rings. The first-order valence-electron chi connectivity index (χ1n) is 6.67. The Kier molecular flexibility index (Phi) is 4.60. The number of benzene rings is 1. The number of rotatable bonds is 3. The molecule has 1 unspecified atom stereocenters. The van der Waals surface area contributed by atoms with Crippen LogP contribution < -0.4 is 0 Å². The largest absolute Gasteiger partial charge is 0.339 e. The van der Waals surface area contributed by atoms with Crippen LogP contribution in [0.3, 0.4) is 0 Å². The number of amides is 1. The average molecular weight is 297 g/mol. The molecule has 108 valence electrons. The number of hydrogen-bond acceptors (Lipinski definition) is 3. The maximum absolute atomic E-state index is 12.3. The number of nitrogens with zero attached hydrogens (tertiary/aromatic N) is 2. The van der Waals surface area contributed by atoms with Gasteiger partial charge in [0.25, 0.3) is 11.6 Å². The van der Waals surface area contributed by atoms with Crippen LogP contribution in [0, 0.1) is 16.0 Å². The molecule has 0 N–H and O–H groups in total. The molecule has 1 saturated heterocycles. The molecular weight excluding hydrogens is 280 g/mol.